The smallest absolute Gasteiger partial charge is 0.187 e. The Bertz CT molecular complexity index is 518. The van der Waals surface area contributed by atoms with Crippen molar-refractivity contribution in [2.45, 2.75) is 19.9 Å². The van der Waals surface area contributed by atoms with Crippen LogP contribution < -0.4 is 25.0 Å². The van der Waals surface area contributed by atoms with Crippen LogP contribution in [0.1, 0.15) is 19.4 Å². The lowest BCUT2D eigenvalue weighted by Crippen LogP contribution is -2.36. The zero-order valence-corrected chi connectivity index (χ0v) is 13.7. The molecule has 0 saturated carbocycles. The fraction of sp³-hybridized carbons (Fsp3) is 0.429. The number of nitrogens with zero attached hydrogens (tertiary/aromatic N) is 1. The normalized spacial score (nSPS) is 10.6. The quantitative estimate of drug-likeness (QED) is 0.475. The molecular weight excluding hydrogens is 290 g/mol. The minimum absolute atomic E-state index is 0.246. The molecule has 2 N–H and O–H groups in total. The summed E-state index contributed by atoms with van der Waals surface area (Å²) in [5.41, 5.74) is 3.49. The SMILES string of the molecule is COc1cc(OC)c(OC)cc1C=NNC(=S)NC(C)C. The molecule has 0 amide bonds. The fourth-order valence-corrected chi connectivity index (χ4v) is 1.90. The Morgan fingerprint density at radius 3 is 2.19 bits per heavy atom. The molecule has 0 bridgehead atoms. The summed E-state index contributed by atoms with van der Waals surface area (Å²) in [4.78, 5) is 0. The van der Waals surface area contributed by atoms with Crippen molar-refractivity contribution in [3.63, 3.8) is 0 Å². The Labute approximate surface area is 130 Å². The monoisotopic (exact) mass is 311 g/mol. The second-order valence-electron chi connectivity index (χ2n) is 4.45. The second-order valence-corrected chi connectivity index (χ2v) is 4.86. The number of methoxy groups -OCH3 is 3. The zero-order valence-electron chi connectivity index (χ0n) is 12.9. The Morgan fingerprint density at radius 1 is 1.10 bits per heavy atom. The predicted molar refractivity (Wildman–Crippen MR) is 87.7 cm³/mol. The van der Waals surface area contributed by atoms with Crippen LogP contribution >= 0.6 is 12.2 Å². The molecule has 1 rings (SSSR count). The largest absolute Gasteiger partial charge is 0.496 e. The second kappa shape index (κ2) is 8.31. The number of nitrogens with one attached hydrogen (secondary N) is 2. The number of hydrogen-bond donors (Lipinski definition) is 2. The molecule has 0 aliphatic heterocycles. The van der Waals surface area contributed by atoms with Crippen molar-refractivity contribution >= 4 is 23.5 Å². The molecule has 0 radical (unpaired) electrons. The molecule has 1 aromatic rings. The first-order valence-electron chi connectivity index (χ1n) is 6.41. The molecule has 0 aliphatic rings. The van der Waals surface area contributed by atoms with Gasteiger partial charge in [-0.05, 0) is 32.1 Å². The van der Waals surface area contributed by atoms with Crippen molar-refractivity contribution in [3.8, 4) is 17.2 Å². The third-order valence-corrected chi connectivity index (χ3v) is 2.73. The lowest BCUT2D eigenvalue weighted by molar-refractivity contribution is 0.349. The molecule has 0 spiro atoms. The Hall–Kier alpha value is -2.02. The first kappa shape index (κ1) is 17.0. The van der Waals surface area contributed by atoms with Crippen LogP contribution in [0.3, 0.4) is 0 Å². The van der Waals surface area contributed by atoms with Gasteiger partial charge in [0.25, 0.3) is 0 Å². The highest BCUT2D eigenvalue weighted by Crippen LogP contribution is 2.33. The lowest BCUT2D eigenvalue weighted by Gasteiger charge is -2.12. The topological polar surface area (TPSA) is 64.1 Å². The summed E-state index contributed by atoms with van der Waals surface area (Å²) in [7, 11) is 4.73. The number of hydrazone groups is 1. The van der Waals surface area contributed by atoms with Gasteiger partial charge in [-0.1, -0.05) is 0 Å². The molecular formula is C14H21N3O3S. The van der Waals surface area contributed by atoms with E-state index in [1.54, 1.807) is 39.7 Å². The van der Waals surface area contributed by atoms with Crippen molar-refractivity contribution in [1.82, 2.24) is 10.7 Å². The van der Waals surface area contributed by atoms with Gasteiger partial charge in [0, 0.05) is 17.7 Å². The van der Waals surface area contributed by atoms with Crippen LogP contribution in [0.25, 0.3) is 0 Å². The maximum absolute atomic E-state index is 5.31. The summed E-state index contributed by atoms with van der Waals surface area (Å²) in [6, 6.07) is 3.77. The van der Waals surface area contributed by atoms with Gasteiger partial charge in [-0.15, -0.1) is 0 Å². The van der Waals surface area contributed by atoms with Gasteiger partial charge in [0.15, 0.2) is 16.6 Å². The van der Waals surface area contributed by atoms with E-state index in [1.165, 1.54) is 0 Å². The highest BCUT2D eigenvalue weighted by Gasteiger charge is 2.10. The van der Waals surface area contributed by atoms with Crippen LogP contribution in [0.15, 0.2) is 17.2 Å². The highest BCUT2D eigenvalue weighted by molar-refractivity contribution is 7.80. The molecule has 6 nitrogen and oxygen atoms in total. The molecule has 0 atom stereocenters. The average Bonchev–Trinajstić information content (AvgIpc) is 2.45. The average molecular weight is 311 g/mol. The minimum atomic E-state index is 0.246. The highest BCUT2D eigenvalue weighted by atomic mass is 32.1. The first-order valence-corrected chi connectivity index (χ1v) is 6.82. The van der Waals surface area contributed by atoms with Gasteiger partial charge in [-0.3, -0.25) is 5.43 Å². The van der Waals surface area contributed by atoms with E-state index in [-0.39, 0.29) is 6.04 Å². The molecule has 0 fully saturated rings. The van der Waals surface area contributed by atoms with Gasteiger partial charge in [0.2, 0.25) is 0 Å². The Kier molecular flexibility index (Phi) is 6.74. The van der Waals surface area contributed by atoms with E-state index < -0.39 is 0 Å². The Balaban J connectivity index is 2.89. The van der Waals surface area contributed by atoms with Gasteiger partial charge < -0.3 is 19.5 Å². The van der Waals surface area contributed by atoms with Crippen molar-refractivity contribution < 1.29 is 14.2 Å². The molecule has 116 valence electrons. The van der Waals surface area contributed by atoms with E-state index in [1.807, 2.05) is 13.8 Å². The van der Waals surface area contributed by atoms with E-state index in [2.05, 4.69) is 15.8 Å². The molecule has 7 heteroatoms. The van der Waals surface area contributed by atoms with Crippen LogP contribution in [-0.4, -0.2) is 38.7 Å². The first-order chi connectivity index (χ1) is 10.0. The summed E-state index contributed by atoms with van der Waals surface area (Å²) in [6.07, 6.45) is 1.61. The van der Waals surface area contributed by atoms with Crippen LogP contribution in [-0.2, 0) is 0 Å². The van der Waals surface area contributed by atoms with Gasteiger partial charge in [0.05, 0.1) is 27.5 Å². The summed E-state index contributed by atoms with van der Waals surface area (Å²) in [5.74, 6) is 1.82. The molecule has 0 saturated heterocycles. The zero-order chi connectivity index (χ0) is 15.8. The molecule has 21 heavy (non-hydrogen) atoms. The maximum Gasteiger partial charge on any atom is 0.187 e. The molecule has 0 aromatic heterocycles. The number of hydrogen-bond acceptors (Lipinski definition) is 5. The third kappa shape index (κ3) is 5.11. The van der Waals surface area contributed by atoms with Gasteiger partial charge in [-0.25, -0.2) is 0 Å². The fourth-order valence-electron chi connectivity index (χ4n) is 1.61. The summed E-state index contributed by atoms with van der Waals surface area (Å²) in [5, 5.41) is 7.57. The molecule has 0 aliphatic carbocycles. The standard InChI is InChI=1S/C14H21N3O3S/c1-9(2)16-14(21)17-15-8-10-6-12(19-4)13(20-5)7-11(10)18-3/h6-9H,1-5H3,(H2,16,17,21). The van der Waals surface area contributed by atoms with Crippen LogP contribution in [0.2, 0.25) is 0 Å². The summed E-state index contributed by atoms with van der Waals surface area (Å²) < 4.78 is 15.8. The predicted octanol–water partition coefficient (Wildman–Crippen LogP) is 1.92. The van der Waals surface area contributed by atoms with Crippen LogP contribution in [0.4, 0.5) is 0 Å². The van der Waals surface area contributed by atoms with Gasteiger partial charge >= 0.3 is 0 Å². The maximum atomic E-state index is 5.31. The molecule has 0 heterocycles. The Morgan fingerprint density at radius 2 is 1.67 bits per heavy atom. The molecule has 1 aromatic carbocycles. The van der Waals surface area contributed by atoms with Gasteiger partial charge in [-0.2, -0.15) is 5.10 Å². The number of rotatable bonds is 6. The van der Waals surface area contributed by atoms with Crippen LogP contribution in [0.5, 0.6) is 17.2 Å². The number of benzene rings is 1. The van der Waals surface area contributed by atoms with Crippen LogP contribution in [0, 0.1) is 0 Å². The van der Waals surface area contributed by atoms with E-state index in [0.717, 1.165) is 5.56 Å². The summed E-state index contributed by atoms with van der Waals surface area (Å²) >= 11 is 5.08. The van der Waals surface area contributed by atoms with Crippen molar-refractivity contribution in [3.05, 3.63) is 17.7 Å². The van der Waals surface area contributed by atoms with E-state index in [4.69, 9.17) is 26.4 Å². The minimum Gasteiger partial charge on any atom is -0.496 e. The van der Waals surface area contributed by atoms with Crippen molar-refractivity contribution in [2.75, 3.05) is 21.3 Å². The molecule has 0 unspecified atom stereocenters. The third-order valence-electron chi connectivity index (χ3n) is 2.53. The summed E-state index contributed by atoms with van der Waals surface area (Å²) in [6.45, 7) is 3.99. The number of ether oxygens (including phenoxy) is 3. The van der Waals surface area contributed by atoms with Crippen molar-refractivity contribution in [1.29, 1.82) is 0 Å². The lowest BCUT2D eigenvalue weighted by atomic mass is 10.2. The number of thiocarbonyl (C=S) groups is 1. The van der Waals surface area contributed by atoms with Gasteiger partial charge in [0.1, 0.15) is 5.75 Å². The van der Waals surface area contributed by atoms with Crippen molar-refractivity contribution in [2.24, 2.45) is 5.10 Å². The van der Waals surface area contributed by atoms with E-state index in [9.17, 15) is 0 Å². The van der Waals surface area contributed by atoms with E-state index in [0.29, 0.717) is 22.4 Å². The van der Waals surface area contributed by atoms with E-state index >= 15 is 0 Å².